The van der Waals surface area contributed by atoms with E-state index in [1.807, 2.05) is 13.8 Å². The zero-order valence-electron chi connectivity index (χ0n) is 20.6. The maximum Gasteiger partial charge on any atom is 0.257 e. The van der Waals surface area contributed by atoms with Gasteiger partial charge < -0.3 is 19.7 Å². The lowest BCUT2D eigenvalue weighted by molar-refractivity contribution is -0.114. The second-order valence-corrected chi connectivity index (χ2v) is 10.5. The average Bonchev–Trinajstić information content (AvgIpc) is 2.79. The zero-order valence-corrected chi connectivity index (χ0v) is 22.9. The van der Waals surface area contributed by atoms with E-state index in [0.717, 1.165) is 18.4 Å². The number of benzene rings is 2. The Kier molecular flexibility index (Phi) is 13.9. The standard InChI is InChI=1S/C25H31Cl2NO6S.H2O/c1-4-5-6-15-35(30,31)28-24(29)12-9-19-8-11-23(33-14-13-32-3)18(2)25(19)34-17-20-7-10-21(26)16-22(20)27;/h7-12,16H,4-6,13-15,17H2,1-3H3,(H,28,29);1H2. The summed E-state index contributed by atoms with van der Waals surface area (Å²) in [6.07, 6.45) is 4.83. The maximum atomic E-state index is 12.3. The molecule has 11 heteroatoms. The van der Waals surface area contributed by atoms with E-state index in [4.69, 9.17) is 37.4 Å². The fourth-order valence-electron chi connectivity index (χ4n) is 3.14. The highest BCUT2D eigenvalue weighted by Crippen LogP contribution is 2.34. The zero-order chi connectivity index (χ0) is 25.8. The van der Waals surface area contributed by atoms with Gasteiger partial charge in [-0.05, 0) is 43.7 Å². The van der Waals surface area contributed by atoms with Crippen molar-refractivity contribution in [2.45, 2.75) is 39.7 Å². The highest BCUT2D eigenvalue weighted by molar-refractivity contribution is 7.90. The van der Waals surface area contributed by atoms with Gasteiger partial charge in [-0.25, -0.2) is 13.1 Å². The van der Waals surface area contributed by atoms with Gasteiger partial charge in [0, 0.05) is 39.9 Å². The van der Waals surface area contributed by atoms with Gasteiger partial charge in [0.15, 0.2) is 0 Å². The molecule has 0 unspecified atom stereocenters. The minimum Gasteiger partial charge on any atom is -0.491 e. The van der Waals surface area contributed by atoms with E-state index in [1.54, 1.807) is 37.4 Å². The molecule has 3 N–H and O–H groups in total. The van der Waals surface area contributed by atoms with Crippen LogP contribution in [0.2, 0.25) is 10.0 Å². The van der Waals surface area contributed by atoms with Crippen LogP contribution in [0.4, 0.5) is 0 Å². The first-order valence-electron chi connectivity index (χ1n) is 11.2. The maximum absolute atomic E-state index is 12.3. The van der Waals surface area contributed by atoms with Gasteiger partial charge in [0.2, 0.25) is 10.0 Å². The van der Waals surface area contributed by atoms with Crippen molar-refractivity contribution in [3.63, 3.8) is 0 Å². The highest BCUT2D eigenvalue weighted by Gasteiger charge is 2.15. The molecule has 0 aliphatic carbocycles. The third-order valence-corrected chi connectivity index (χ3v) is 6.93. The predicted molar refractivity (Wildman–Crippen MR) is 143 cm³/mol. The molecule has 8 nitrogen and oxygen atoms in total. The Hall–Kier alpha value is -2.30. The van der Waals surface area contributed by atoms with Gasteiger partial charge in [0.25, 0.3) is 5.91 Å². The first-order chi connectivity index (χ1) is 16.7. The lowest BCUT2D eigenvalue weighted by Gasteiger charge is -2.17. The second kappa shape index (κ2) is 15.7. The summed E-state index contributed by atoms with van der Waals surface area (Å²) in [6, 6.07) is 8.60. The largest absolute Gasteiger partial charge is 0.491 e. The molecular weight excluding hydrogens is 529 g/mol. The van der Waals surface area contributed by atoms with Crippen LogP contribution in [-0.2, 0) is 26.2 Å². The number of carbonyl (C=O) groups is 1. The van der Waals surface area contributed by atoms with E-state index in [9.17, 15) is 13.2 Å². The molecule has 0 bridgehead atoms. The Morgan fingerprint density at radius 2 is 1.83 bits per heavy atom. The van der Waals surface area contributed by atoms with Crippen molar-refractivity contribution in [2.75, 3.05) is 26.1 Å². The summed E-state index contributed by atoms with van der Waals surface area (Å²) < 4.78 is 43.1. The summed E-state index contributed by atoms with van der Waals surface area (Å²) in [5.41, 5.74) is 2.01. The Labute approximate surface area is 222 Å². The third kappa shape index (κ3) is 10.4. The van der Waals surface area contributed by atoms with Crippen LogP contribution in [0.5, 0.6) is 11.5 Å². The lowest BCUT2D eigenvalue weighted by atomic mass is 10.1. The number of nitrogens with one attached hydrogen (secondary N) is 1. The normalized spacial score (nSPS) is 11.2. The molecule has 0 fully saturated rings. The van der Waals surface area contributed by atoms with Crippen molar-refractivity contribution < 1.29 is 32.9 Å². The number of amides is 1. The Bertz CT molecular complexity index is 1140. The van der Waals surface area contributed by atoms with Gasteiger partial charge in [-0.3, -0.25) is 4.79 Å². The van der Waals surface area contributed by atoms with Gasteiger partial charge in [-0.2, -0.15) is 0 Å². The van der Waals surface area contributed by atoms with Gasteiger partial charge >= 0.3 is 0 Å². The number of carbonyl (C=O) groups excluding carboxylic acids is 1. The number of methoxy groups -OCH3 is 1. The molecule has 0 aromatic heterocycles. The fourth-order valence-corrected chi connectivity index (χ4v) is 4.67. The molecule has 200 valence electrons. The first kappa shape index (κ1) is 31.7. The number of hydrogen-bond donors (Lipinski definition) is 1. The SMILES string of the molecule is CCCCCS(=O)(=O)NC(=O)C=Cc1ccc(OCCOC)c(C)c1OCc1ccc(Cl)cc1Cl.O. The monoisotopic (exact) mass is 561 g/mol. The van der Waals surface area contributed by atoms with Crippen molar-refractivity contribution in [2.24, 2.45) is 0 Å². The summed E-state index contributed by atoms with van der Waals surface area (Å²) in [6.45, 7) is 4.73. The summed E-state index contributed by atoms with van der Waals surface area (Å²) >= 11 is 12.2. The van der Waals surface area contributed by atoms with Gasteiger partial charge in [0.05, 0.1) is 12.4 Å². The van der Waals surface area contributed by atoms with E-state index in [-0.39, 0.29) is 17.8 Å². The fraction of sp³-hybridized carbons (Fsp3) is 0.400. The van der Waals surface area contributed by atoms with Crippen molar-refractivity contribution >= 4 is 45.2 Å². The number of hydrogen-bond acceptors (Lipinski definition) is 6. The van der Waals surface area contributed by atoms with E-state index >= 15 is 0 Å². The van der Waals surface area contributed by atoms with Crippen molar-refractivity contribution in [1.82, 2.24) is 4.72 Å². The average molecular weight is 563 g/mol. The molecule has 0 radical (unpaired) electrons. The van der Waals surface area contributed by atoms with E-state index in [0.29, 0.717) is 52.3 Å². The molecule has 0 saturated heterocycles. The van der Waals surface area contributed by atoms with Crippen LogP contribution in [0.25, 0.3) is 6.08 Å². The number of ether oxygens (including phenoxy) is 3. The molecule has 0 atom stereocenters. The van der Waals surface area contributed by atoms with E-state index in [1.165, 1.54) is 12.2 Å². The Morgan fingerprint density at radius 1 is 1.08 bits per heavy atom. The van der Waals surface area contributed by atoms with Gasteiger partial charge in [-0.1, -0.05) is 49.0 Å². The lowest BCUT2D eigenvalue weighted by Crippen LogP contribution is -2.31. The summed E-state index contributed by atoms with van der Waals surface area (Å²) in [4.78, 5) is 12.3. The number of halogens is 2. The molecule has 36 heavy (non-hydrogen) atoms. The van der Waals surface area contributed by atoms with Crippen LogP contribution < -0.4 is 14.2 Å². The van der Waals surface area contributed by atoms with Crippen LogP contribution in [0.15, 0.2) is 36.4 Å². The quantitative estimate of drug-likeness (QED) is 0.262. The molecule has 2 aromatic carbocycles. The second-order valence-electron chi connectivity index (χ2n) is 7.80. The van der Waals surface area contributed by atoms with Crippen molar-refractivity contribution in [3.8, 4) is 11.5 Å². The van der Waals surface area contributed by atoms with Crippen LogP contribution >= 0.6 is 23.2 Å². The van der Waals surface area contributed by atoms with E-state index in [2.05, 4.69) is 4.72 Å². The number of unbranched alkanes of at least 4 members (excludes halogenated alkanes) is 2. The predicted octanol–water partition coefficient (Wildman–Crippen LogP) is 4.73. The van der Waals surface area contributed by atoms with Crippen molar-refractivity contribution in [1.29, 1.82) is 0 Å². The molecule has 0 spiro atoms. The number of sulfonamides is 1. The molecular formula is C25H33Cl2NO7S. The van der Waals surface area contributed by atoms with Crippen LogP contribution in [0.1, 0.15) is 42.9 Å². The van der Waals surface area contributed by atoms with Crippen LogP contribution in [-0.4, -0.2) is 45.9 Å². The van der Waals surface area contributed by atoms with E-state index < -0.39 is 15.9 Å². The topological polar surface area (TPSA) is 122 Å². The Balaban J connectivity index is 0.00000648. The van der Waals surface area contributed by atoms with Crippen molar-refractivity contribution in [3.05, 3.63) is 63.1 Å². The smallest absolute Gasteiger partial charge is 0.257 e. The highest BCUT2D eigenvalue weighted by atomic mass is 35.5. The molecule has 2 rings (SSSR count). The number of rotatable bonds is 14. The van der Waals surface area contributed by atoms with Gasteiger partial charge in [-0.15, -0.1) is 0 Å². The van der Waals surface area contributed by atoms with Crippen LogP contribution in [0.3, 0.4) is 0 Å². The molecule has 0 saturated carbocycles. The van der Waals surface area contributed by atoms with Gasteiger partial charge in [0.1, 0.15) is 24.7 Å². The molecule has 1 amide bonds. The first-order valence-corrected chi connectivity index (χ1v) is 13.6. The molecule has 0 heterocycles. The summed E-state index contributed by atoms with van der Waals surface area (Å²) in [7, 11) is -2.10. The summed E-state index contributed by atoms with van der Waals surface area (Å²) in [5.74, 6) is 0.245. The third-order valence-electron chi connectivity index (χ3n) is 5.01. The van der Waals surface area contributed by atoms with Crippen LogP contribution in [0, 0.1) is 6.92 Å². The minimum atomic E-state index is -3.69. The minimum absolute atomic E-state index is 0. The molecule has 0 aliphatic rings. The molecule has 2 aromatic rings. The Morgan fingerprint density at radius 3 is 2.50 bits per heavy atom. The molecule has 0 aliphatic heterocycles. The summed E-state index contributed by atoms with van der Waals surface area (Å²) in [5, 5.41) is 0.982.